The van der Waals surface area contributed by atoms with Crippen LogP contribution in [0, 0.1) is 28.6 Å². The lowest BCUT2D eigenvalue weighted by Crippen LogP contribution is -2.65. The van der Waals surface area contributed by atoms with E-state index in [1.54, 1.807) is 75.3 Å². The molecule has 2 rings (SSSR count). The number of nitrogens with zero attached hydrogens (tertiary/aromatic N) is 1. The number of aliphatic hydroxyl groups excluding tert-OH is 4. The first-order chi connectivity index (χ1) is 44.8. The number of guanidine groups is 1. The Bertz CT molecular complexity index is 2870. The summed E-state index contributed by atoms with van der Waals surface area (Å²) in [5.74, 6) is -14.2. The zero-order valence-corrected chi connectivity index (χ0v) is 59.3. The zero-order chi connectivity index (χ0) is 74.2. The van der Waals surface area contributed by atoms with Gasteiger partial charge in [-0.15, -0.1) is 0 Å². The highest BCUT2D eigenvalue weighted by Crippen LogP contribution is 2.26. The van der Waals surface area contributed by atoms with Gasteiger partial charge in [0.2, 0.25) is 65.0 Å². The van der Waals surface area contributed by atoms with Gasteiger partial charge in [0, 0.05) is 6.54 Å². The molecule has 1 aromatic carbocycles. The monoisotopic (exact) mass is 1370 g/mol. The summed E-state index contributed by atoms with van der Waals surface area (Å²) in [5, 5.41) is 74.6. The zero-order valence-electron chi connectivity index (χ0n) is 59.3. The molecule has 0 aromatic heterocycles. The van der Waals surface area contributed by atoms with E-state index >= 15 is 14.4 Å². The molecule has 0 aliphatic carbocycles. The molecule has 1 aliphatic heterocycles. The quantitative estimate of drug-likeness (QED) is 0.0360. The maximum Gasteiger partial charge on any atom is 0.408 e. The number of carbonyl (C=O) groups excluding carboxylic acids is 12. The number of carbonyl (C=O) groups is 12. The van der Waals surface area contributed by atoms with Gasteiger partial charge in [0.05, 0.1) is 37.5 Å². The lowest BCUT2D eigenvalue weighted by molar-refractivity contribution is -0.139. The van der Waals surface area contributed by atoms with Gasteiger partial charge < -0.3 is 100 Å². The second-order valence-corrected chi connectivity index (χ2v) is 28.9. The standard InChI is InChI=1S/C65H111N15O17/c1-18-34(6)44-57(92)77-45(35(7)82)56(91)69-30-43(84)75-46(36(8)83)58(93)73-42(31-81)55(90)78-47(37-23-20-19-21-24-37)48(79-54(89)40(28-63(9,10)11)72-53(88)41(29-64(12,13)14)74-62(96)97-65(15,16)17)59(94)80-49(50(85)33(4)5)60(95)71-39(27-32(2)3)52(87)70-38(51(86)76-44)25-22-26-68-61(66)67/h19-21,23-24,32-36,38-42,44-50,81-83,85H,18,22,25-31H2,1-17H3,(H,69,91)(H,70,87)(H,71,95)(H,72,88)(H,73,93)(H,74,96)(H,75,84)(H,76,86)(H,77,92)(H,78,90)(H,79,89)(H,80,94)(H4,66,67,68)/t34-,35-,36+,38+,39-,40-,41+,42-,44-,45+,46?,47+,48-,49-,50+/m0/s1. The van der Waals surface area contributed by atoms with Crippen LogP contribution < -0.4 is 75.3 Å². The highest BCUT2D eigenvalue weighted by molar-refractivity contribution is 6.00. The molecule has 97 heavy (non-hydrogen) atoms. The Hall–Kier alpha value is -8.23. The Kier molecular flexibility index (Phi) is 33.8. The van der Waals surface area contributed by atoms with Crippen LogP contribution in [0.1, 0.15) is 168 Å². The molecule has 1 fully saturated rings. The maximum absolute atomic E-state index is 15.7. The van der Waals surface area contributed by atoms with Crippen molar-refractivity contribution < 1.29 is 82.7 Å². The van der Waals surface area contributed by atoms with Crippen LogP contribution in [0.3, 0.4) is 0 Å². The number of alkyl carbamates (subject to hydrolysis) is 1. The summed E-state index contributed by atoms with van der Waals surface area (Å²) in [6, 6.07) is -11.6. The number of aliphatic imine (C=N–C) groups is 1. The number of amides is 12. The largest absolute Gasteiger partial charge is 0.444 e. The molecule has 20 N–H and O–H groups in total. The predicted molar refractivity (Wildman–Crippen MR) is 359 cm³/mol. The van der Waals surface area contributed by atoms with Gasteiger partial charge >= 0.3 is 6.09 Å². The third-order valence-electron chi connectivity index (χ3n) is 15.3. The molecule has 0 saturated carbocycles. The molecule has 32 nitrogen and oxygen atoms in total. The summed E-state index contributed by atoms with van der Waals surface area (Å²) in [6.07, 6.45) is -6.23. The number of hydrogen-bond donors (Lipinski definition) is 18. The van der Waals surface area contributed by atoms with Gasteiger partial charge in [-0.25, -0.2) is 4.79 Å². The van der Waals surface area contributed by atoms with E-state index in [9.17, 15) is 63.6 Å². The van der Waals surface area contributed by atoms with E-state index in [0.29, 0.717) is 0 Å². The molecule has 1 unspecified atom stereocenters. The maximum atomic E-state index is 15.7. The Morgan fingerprint density at radius 3 is 1.59 bits per heavy atom. The number of aliphatic hydroxyl groups is 4. The Balaban J connectivity index is 3.17. The molecule has 1 saturated heterocycles. The van der Waals surface area contributed by atoms with Crippen LogP contribution in [0.4, 0.5) is 4.79 Å². The third kappa shape index (κ3) is 30.0. The first-order valence-electron chi connectivity index (χ1n) is 32.8. The van der Waals surface area contributed by atoms with Crippen molar-refractivity contribution in [3.8, 4) is 0 Å². The van der Waals surface area contributed by atoms with Crippen molar-refractivity contribution in [2.45, 2.75) is 247 Å². The molecule has 12 amide bonds. The average molecular weight is 1370 g/mol. The third-order valence-corrected chi connectivity index (χ3v) is 15.3. The summed E-state index contributed by atoms with van der Waals surface area (Å²) in [6.45, 7) is 25.4. The van der Waals surface area contributed by atoms with E-state index in [1.807, 2.05) is 20.8 Å². The minimum Gasteiger partial charge on any atom is -0.444 e. The fraction of sp³-hybridized carbons (Fsp3) is 0.708. The highest BCUT2D eigenvalue weighted by Gasteiger charge is 2.43. The van der Waals surface area contributed by atoms with Crippen LogP contribution in [0.15, 0.2) is 35.3 Å². The number of hydrogen-bond acceptors (Lipinski definition) is 18. The summed E-state index contributed by atoms with van der Waals surface area (Å²) >= 11 is 0. The van der Waals surface area contributed by atoms with Crippen molar-refractivity contribution in [2.24, 2.45) is 45.0 Å². The van der Waals surface area contributed by atoms with Crippen molar-refractivity contribution in [1.29, 1.82) is 0 Å². The van der Waals surface area contributed by atoms with E-state index < -0.39 is 197 Å². The molecule has 0 bridgehead atoms. The van der Waals surface area contributed by atoms with Crippen molar-refractivity contribution in [1.82, 2.24) is 63.8 Å². The molecule has 0 radical (unpaired) electrons. The molecular formula is C65H111N15O17. The molecule has 548 valence electrons. The van der Waals surface area contributed by atoms with Gasteiger partial charge in [-0.1, -0.05) is 120 Å². The van der Waals surface area contributed by atoms with Crippen LogP contribution in [-0.2, 0) is 57.5 Å². The summed E-state index contributed by atoms with van der Waals surface area (Å²) in [5.41, 5.74) is 8.84. The fourth-order valence-electron chi connectivity index (χ4n) is 10.1. The van der Waals surface area contributed by atoms with Gasteiger partial charge in [0.15, 0.2) is 5.96 Å². The summed E-state index contributed by atoms with van der Waals surface area (Å²) < 4.78 is 5.48. The summed E-state index contributed by atoms with van der Waals surface area (Å²) in [4.78, 5) is 177. The van der Waals surface area contributed by atoms with Crippen molar-refractivity contribution in [2.75, 3.05) is 19.7 Å². The van der Waals surface area contributed by atoms with E-state index in [-0.39, 0.29) is 62.5 Å². The molecule has 0 spiro atoms. The van der Waals surface area contributed by atoms with Crippen molar-refractivity contribution in [3.63, 3.8) is 0 Å². The first kappa shape index (κ1) is 84.9. The normalized spacial score (nSPS) is 24.2. The molecule has 1 aliphatic rings. The average Bonchev–Trinajstić information content (AvgIpc) is 0.815. The Morgan fingerprint density at radius 2 is 1.08 bits per heavy atom. The van der Waals surface area contributed by atoms with Crippen LogP contribution in [-0.4, -0.2) is 201 Å². The molecule has 1 heterocycles. The van der Waals surface area contributed by atoms with Crippen LogP contribution in [0.2, 0.25) is 0 Å². The SMILES string of the molecule is CC[C@H](C)[C@@H]1NC(=O)[C@@H](CCCN=C(N)N)NC(=O)[C@H](CC(C)C)NC(=O)[C@H]([C@H](O)C(C)C)NC(=O)[C@@H](NC(=O)[C@H](CC(C)(C)C)NC(=O)[C@@H](CC(C)(C)C)NC(=O)OC(C)(C)C)[C@@H](c2ccccc2)NC(=O)[C@H](CO)NC(=O)C([C@@H](C)O)NC(=O)CNC(=O)[C@@H]([C@H](C)O)NC1=O. The van der Waals surface area contributed by atoms with Gasteiger partial charge in [0.25, 0.3) is 0 Å². The molecule has 1 aromatic rings. The van der Waals surface area contributed by atoms with Gasteiger partial charge in [-0.2, -0.15) is 0 Å². The number of nitrogens with two attached hydrogens (primary N) is 2. The van der Waals surface area contributed by atoms with E-state index in [0.717, 1.165) is 13.8 Å². The second kappa shape index (κ2) is 38.6. The molecule has 32 heteroatoms. The van der Waals surface area contributed by atoms with Crippen molar-refractivity contribution in [3.05, 3.63) is 35.9 Å². The van der Waals surface area contributed by atoms with E-state index in [2.05, 4.69) is 68.8 Å². The van der Waals surface area contributed by atoms with Crippen LogP contribution in [0.5, 0.6) is 0 Å². The topological polar surface area (TPSA) is 504 Å². The smallest absolute Gasteiger partial charge is 0.408 e. The van der Waals surface area contributed by atoms with E-state index in [1.165, 1.54) is 38.1 Å². The number of ether oxygens (including phenoxy) is 1. The van der Waals surface area contributed by atoms with Crippen LogP contribution in [0.25, 0.3) is 0 Å². The molecular weight excluding hydrogens is 1260 g/mol. The number of rotatable bonds is 21. The molecule has 15 atom stereocenters. The summed E-state index contributed by atoms with van der Waals surface area (Å²) in [7, 11) is 0. The predicted octanol–water partition coefficient (Wildman–Crippen LogP) is -1.98. The number of nitrogens with one attached hydrogen (secondary N) is 12. The minimum atomic E-state index is -2.11. The number of benzene rings is 1. The Labute approximate surface area is 568 Å². The fourth-order valence-corrected chi connectivity index (χ4v) is 10.1. The van der Waals surface area contributed by atoms with Crippen LogP contribution >= 0.6 is 0 Å². The lowest BCUT2D eigenvalue weighted by Gasteiger charge is -2.35. The van der Waals surface area contributed by atoms with Gasteiger partial charge in [-0.3, -0.25) is 57.7 Å². The minimum absolute atomic E-state index is 0.0300. The van der Waals surface area contributed by atoms with Gasteiger partial charge in [0.1, 0.15) is 66.0 Å². The second-order valence-electron chi connectivity index (χ2n) is 28.9. The Morgan fingerprint density at radius 1 is 0.598 bits per heavy atom. The lowest BCUT2D eigenvalue weighted by atomic mass is 9.86. The van der Waals surface area contributed by atoms with E-state index in [4.69, 9.17) is 16.2 Å². The van der Waals surface area contributed by atoms with Crippen molar-refractivity contribution >= 4 is 77.0 Å². The highest BCUT2D eigenvalue weighted by atomic mass is 16.6. The first-order valence-corrected chi connectivity index (χ1v) is 32.8. The van der Waals surface area contributed by atoms with Gasteiger partial charge in [-0.05, 0) is 101 Å².